The van der Waals surface area contributed by atoms with Crippen molar-refractivity contribution in [3.8, 4) is 0 Å². The molecule has 0 atom stereocenters. The zero-order valence-corrected chi connectivity index (χ0v) is 10.5. The summed E-state index contributed by atoms with van der Waals surface area (Å²) in [5.74, 6) is 1.15. The average Bonchev–Trinajstić information content (AvgIpc) is 3.05. The zero-order chi connectivity index (χ0) is 12.3. The van der Waals surface area contributed by atoms with Crippen molar-refractivity contribution in [2.45, 2.75) is 39.3 Å². The molecule has 1 aliphatic rings. The van der Waals surface area contributed by atoms with Crippen molar-refractivity contribution >= 4 is 5.82 Å². The molecular weight excluding hydrogens is 217 g/mol. The van der Waals surface area contributed by atoms with Gasteiger partial charge in [0.05, 0.1) is 6.20 Å². The summed E-state index contributed by atoms with van der Waals surface area (Å²) in [5, 5.41) is 6.65. The molecule has 0 aromatic carbocycles. The Kier molecular flexibility index (Phi) is 3.94. The quantitative estimate of drug-likeness (QED) is 0.798. The highest BCUT2D eigenvalue weighted by Gasteiger charge is 2.22. The lowest BCUT2D eigenvalue weighted by molar-refractivity contribution is 0.549. The third-order valence-corrected chi connectivity index (χ3v) is 2.72. The third-order valence-electron chi connectivity index (χ3n) is 2.72. The van der Waals surface area contributed by atoms with E-state index in [0.717, 1.165) is 17.9 Å². The Balaban J connectivity index is 1.98. The first-order valence-electron chi connectivity index (χ1n) is 6.27. The van der Waals surface area contributed by atoms with Gasteiger partial charge in [-0.15, -0.1) is 0 Å². The largest absolute Gasteiger partial charge is 0.367 e. The lowest BCUT2D eigenvalue weighted by atomic mass is 10.2. The van der Waals surface area contributed by atoms with E-state index in [4.69, 9.17) is 0 Å². The highest BCUT2D eigenvalue weighted by Crippen LogP contribution is 2.25. The number of nitrogens with one attached hydrogen (secondary N) is 2. The summed E-state index contributed by atoms with van der Waals surface area (Å²) in [6.45, 7) is 5.90. The van der Waals surface area contributed by atoms with Crippen LogP contribution >= 0.6 is 0 Å². The molecule has 0 unspecified atom stereocenters. The monoisotopic (exact) mass is 237 g/mol. The fraction of sp³-hybridized carbons (Fsp3) is 0.615. The predicted octanol–water partition coefficient (Wildman–Crippen LogP) is 2.54. The number of halogens is 1. The second-order valence-corrected chi connectivity index (χ2v) is 5.10. The zero-order valence-electron chi connectivity index (χ0n) is 10.5. The van der Waals surface area contributed by atoms with Gasteiger partial charge in [0.1, 0.15) is 11.6 Å². The van der Waals surface area contributed by atoms with E-state index in [1.807, 2.05) is 0 Å². The molecule has 0 spiro atoms. The summed E-state index contributed by atoms with van der Waals surface area (Å²) in [4.78, 5) is 4.13. The van der Waals surface area contributed by atoms with E-state index in [0.29, 0.717) is 18.5 Å². The number of pyridine rings is 1. The van der Waals surface area contributed by atoms with Gasteiger partial charge in [0.15, 0.2) is 0 Å². The minimum absolute atomic E-state index is 0.271. The Morgan fingerprint density at radius 2 is 2.24 bits per heavy atom. The van der Waals surface area contributed by atoms with Gasteiger partial charge in [0, 0.05) is 18.2 Å². The van der Waals surface area contributed by atoms with Gasteiger partial charge in [0.25, 0.3) is 0 Å². The number of hydrogen-bond acceptors (Lipinski definition) is 3. The second kappa shape index (κ2) is 5.45. The van der Waals surface area contributed by atoms with Crippen LogP contribution in [0.2, 0.25) is 0 Å². The van der Waals surface area contributed by atoms with E-state index < -0.39 is 0 Å². The van der Waals surface area contributed by atoms with Crippen LogP contribution in [-0.2, 0) is 6.54 Å². The molecule has 1 aromatic heterocycles. The van der Waals surface area contributed by atoms with Crippen LogP contribution in [0.5, 0.6) is 0 Å². The summed E-state index contributed by atoms with van der Waals surface area (Å²) < 4.78 is 13.2. The maximum absolute atomic E-state index is 13.2. The van der Waals surface area contributed by atoms with E-state index in [1.165, 1.54) is 19.0 Å². The fourth-order valence-electron chi connectivity index (χ4n) is 1.66. The van der Waals surface area contributed by atoms with E-state index >= 15 is 0 Å². The molecule has 4 heteroatoms. The third kappa shape index (κ3) is 3.97. The lowest BCUT2D eigenvalue weighted by Gasteiger charge is -2.12. The topological polar surface area (TPSA) is 37.0 Å². The Morgan fingerprint density at radius 3 is 2.88 bits per heavy atom. The molecule has 1 aromatic rings. The first-order valence-corrected chi connectivity index (χ1v) is 6.27. The van der Waals surface area contributed by atoms with Gasteiger partial charge in [-0.2, -0.15) is 0 Å². The van der Waals surface area contributed by atoms with E-state index in [2.05, 4.69) is 29.5 Å². The Labute approximate surface area is 102 Å². The minimum atomic E-state index is -0.271. The molecule has 1 fully saturated rings. The SMILES string of the molecule is CC(C)CNCc1cc(F)cnc1NC1CC1. The maximum atomic E-state index is 13.2. The molecular formula is C13H20FN3. The van der Waals surface area contributed by atoms with E-state index in [-0.39, 0.29) is 5.82 Å². The highest BCUT2D eigenvalue weighted by atomic mass is 19.1. The minimum Gasteiger partial charge on any atom is -0.367 e. The van der Waals surface area contributed by atoms with Crippen molar-refractivity contribution in [3.05, 3.63) is 23.6 Å². The van der Waals surface area contributed by atoms with Gasteiger partial charge in [-0.1, -0.05) is 13.8 Å². The smallest absolute Gasteiger partial charge is 0.141 e. The summed E-state index contributed by atoms with van der Waals surface area (Å²) in [6, 6.07) is 2.10. The van der Waals surface area contributed by atoms with Crippen LogP contribution in [0.3, 0.4) is 0 Å². The molecule has 0 radical (unpaired) electrons. The molecule has 1 aliphatic carbocycles. The number of hydrogen-bond donors (Lipinski definition) is 2. The molecule has 0 amide bonds. The van der Waals surface area contributed by atoms with Crippen molar-refractivity contribution in [1.82, 2.24) is 10.3 Å². The number of rotatable bonds is 6. The van der Waals surface area contributed by atoms with Crippen molar-refractivity contribution in [2.75, 3.05) is 11.9 Å². The van der Waals surface area contributed by atoms with Gasteiger partial charge in [-0.3, -0.25) is 0 Å². The normalized spacial score (nSPS) is 15.3. The van der Waals surface area contributed by atoms with Crippen LogP contribution in [-0.4, -0.2) is 17.6 Å². The van der Waals surface area contributed by atoms with Crippen LogP contribution in [0.4, 0.5) is 10.2 Å². The molecule has 2 rings (SSSR count). The number of anilines is 1. The molecule has 3 nitrogen and oxygen atoms in total. The molecule has 2 N–H and O–H groups in total. The van der Waals surface area contributed by atoms with Gasteiger partial charge >= 0.3 is 0 Å². The predicted molar refractivity (Wildman–Crippen MR) is 67.4 cm³/mol. The van der Waals surface area contributed by atoms with Crippen LogP contribution in [0, 0.1) is 11.7 Å². The van der Waals surface area contributed by atoms with Crippen molar-refractivity contribution in [2.24, 2.45) is 5.92 Å². The summed E-state index contributed by atoms with van der Waals surface area (Å²) in [7, 11) is 0. The van der Waals surface area contributed by atoms with Crippen molar-refractivity contribution in [3.63, 3.8) is 0 Å². The summed E-state index contributed by atoms with van der Waals surface area (Å²) in [5.41, 5.74) is 0.914. The Hall–Kier alpha value is -1.16. The summed E-state index contributed by atoms with van der Waals surface area (Å²) in [6.07, 6.45) is 3.66. The van der Waals surface area contributed by atoms with Gasteiger partial charge in [-0.25, -0.2) is 9.37 Å². The molecule has 94 valence electrons. The van der Waals surface area contributed by atoms with E-state index in [9.17, 15) is 4.39 Å². The molecule has 0 aliphatic heterocycles. The van der Waals surface area contributed by atoms with Crippen LogP contribution in [0.15, 0.2) is 12.3 Å². The average molecular weight is 237 g/mol. The Morgan fingerprint density at radius 1 is 1.47 bits per heavy atom. The number of aromatic nitrogens is 1. The van der Waals surface area contributed by atoms with Gasteiger partial charge in [0.2, 0.25) is 0 Å². The van der Waals surface area contributed by atoms with Crippen LogP contribution < -0.4 is 10.6 Å². The molecule has 1 saturated carbocycles. The van der Waals surface area contributed by atoms with Crippen molar-refractivity contribution < 1.29 is 4.39 Å². The molecule has 1 heterocycles. The first-order chi connectivity index (χ1) is 8.15. The standard InChI is InChI=1S/C13H20FN3/c1-9(2)6-15-7-10-5-11(14)8-16-13(10)17-12-3-4-12/h5,8-9,12,15H,3-4,6-7H2,1-2H3,(H,16,17). The first kappa shape index (κ1) is 12.3. The maximum Gasteiger partial charge on any atom is 0.141 e. The summed E-state index contributed by atoms with van der Waals surface area (Å²) >= 11 is 0. The fourth-order valence-corrected chi connectivity index (χ4v) is 1.66. The highest BCUT2D eigenvalue weighted by molar-refractivity contribution is 5.45. The van der Waals surface area contributed by atoms with E-state index in [1.54, 1.807) is 6.07 Å². The molecule has 17 heavy (non-hydrogen) atoms. The molecule has 0 saturated heterocycles. The van der Waals surface area contributed by atoms with Crippen LogP contribution in [0.1, 0.15) is 32.3 Å². The van der Waals surface area contributed by atoms with Gasteiger partial charge in [-0.05, 0) is 31.4 Å². The van der Waals surface area contributed by atoms with Crippen LogP contribution in [0.25, 0.3) is 0 Å². The lowest BCUT2D eigenvalue weighted by Crippen LogP contribution is -2.20. The van der Waals surface area contributed by atoms with Crippen molar-refractivity contribution in [1.29, 1.82) is 0 Å². The van der Waals surface area contributed by atoms with Gasteiger partial charge < -0.3 is 10.6 Å². The number of nitrogens with zero attached hydrogens (tertiary/aromatic N) is 1. The second-order valence-electron chi connectivity index (χ2n) is 5.10. The Bertz CT molecular complexity index is 375. The molecule has 0 bridgehead atoms.